The van der Waals surface area contributed by atoms with Crippen LogP contribution in [0.2, 0.25) is 0 Å². The number of nitrogens with zero attached hydrogens (tertiary/aromatic N) is 1. The van der Waals surface area contributed by atoms with Gasteiger partial charge in [-0.3, -0.25) is 9.69 Å². The molecule has 0 aromatic carbocycles. The molecule has 0 radical (unpaired) electrons. The molecular weight excluding hydrogens is 199 g/mol. The summed E-state index contributed by atoms with van der Waals surface area (Å²) in [7, 11) is 1.37. The molecule has 0 saturated carbocycles. The minimum Gasteiger partial charge on any atom is -0.358 e. The lowest BCUT2D eigenvalue weighted by molar-refractivity contribution is -0.148. The highest BCUT2D eigenvalue weighted by atomic mass is 19.4. The first kappa shape index (κ1) is 13.2. The van der Waals surface area contributed by atoms with E-state index in [1.165, 1.54) is 7.05 Å². The molecule has 0 aromatic rings. The molecule has 0 atom stereocenters. The van der Waals surface area contributed by atoms with Gasteiger partial charge in [-0.15, -0.1) is 0 Å². The van der Waals surface area contributed by atoms with Crippen molar-refractivity contribution in [3.63, 3.8) is 0 Å². The Morgan fingerprint density at radius 1 is 1.50 bits per heavy atom. The molecule has 0 aliphatic heterocycles. The lowest BCUT2D eigenvalue weighted by Crippen LogP contribution is -2.43. The van der Waals surface area contributed by atoms with Gasteiger partial charge in [-0.25, -0.2) is 0 Å². The molecule has 0 aliphatic carbocycles. The molecule has 0 rings (SSSR count). The maximum atomic E-state index is 12.0. The highest BCUT2D eigenvalue weighted by Crippen LogP contribution is 2.15. The third-order valence-corrected chi connectivity index (χ3v) is 1.49. The van der Waals surface area contributed by atoms with Gasteiger partial charge < -0.3 is 11.1 Å². The molecule has 0 saturated heterocycles. The highest BCUT2D eigenvalue weighted by molar-refractivity contribution is 5.77. The van der Waals surface area contributed by atoms with Crippen LogP contribution in [0.25, 0.3) is 0 Å². The van der Waals surface area contributed by atoms with Gasteiger partial charge in [0, 0.05) is 20.1 Å². The van der Waals surface area contributed by atoms with Crippen LogP contribution in [-0.4, -0.2) is 50.2 Å². The van der Waals surface area contributed by atoms with Crippen molar-refractivity contribution in [2.45, 2.75) is 6.18 Å². The molecule has 0 heterocycles. The fourth-order valence-corrected chi connectivity index (χ4v) is 0.932. The standard InChI is InChI=1S/C7H14F3N3O/c1-12-6(14)4-13(3-2-11)5-7(8,9)10/h2-5,11H2,1H3,(H,12,14). The molecule has 4 nitrogen and oxygen atoms in total. The van der Waals surface area contributed by atoms with Gasteiger partial charge in [-0.2, -0.15) is 13.2 Å². The van der Waals surface area contributed by atoms with E-state index in [-0.39, 0.29) is 19.6 Å². The van der Waals surface area contributed by atoms with E-state index >= 15 is 0 Å². The summed E-state index contributed by atoms with van der Waals surface area (Å²) in [5.41, 5.74) is 5.12. The summed E-state index contributed by atoms with van der Waals surface area (Å²) in [4.78, 5) is 11.8. The third-order valence-electron chi connectivity index (χ3n) is 1.49. The van der Waals surface area contributed by atoms with Crippen LogP contribution >= 0.6 is 0 Å². The molecule has 0 bridgehead atoms. The zero-order chi connectivity index (χ0) is 11.2. The van der Waals surface area contributed by atoms with E-state index in [1.54, 1.807) is 0 Å². The van der Waals surface area contributed by atoms with E-state index in [9.17, 15) is 18.0 Å². The van der Waals surface area contributed by atoms with Gasteiger partial charge in [0.2, 0.25) is 5.91 Å². The minimum absolute atomic E-state index is 0.0485. The number of carbonyl (C=O) groups excluding carboxylic acids is 1. The zero-order valence-corrected chi connectivity index (χ0v) is 7.90. The molecule has 0 unspecified atom stereocenters. The fraction of sp³-hybridized carbons (Fsp3) is 0.857. The lowest BCUT2D eigenvalue weighted by atomic mass is 10.4. The van der Waals surface area contributed by atoms with Crippen LogP contribution in [0.15, 0.2) is 0 Å². The normalized spacial score (nSPS) is 11.9. The Balaban J connectivity index is 4.08. The van der Waals surface area contributed by atoms with Gasteiger partial charge >= 0.3 is 6.18 Å². The second-order valence-electron chi connectivity index (χ2n) is 2.79. The summed E-state index contributed by atoms with van der Waals surface area (Å²) in [5.74, 6) is -0.456. The van der Waals surface area contributed by atoms with Crippen LogP contribution in [0, 0.1) is 0 Å². The number of hydrogen-bond donors (Lipinski definition) is 2. The molecular formula is C7H14F3N3O. The maximum Gasteiger partial charge on any atom is 0.401 e. The summed E-state index contributed by atoms with van der Waals surface area (Å²) in [5, 5.41) is 2.25. The molecule has 0 spiro atoms. The summed E-state index contributed by atoms with van der Waals surface area (Å²) in [6, 6.07) is 0. The quantitative estimate of drug-likeness (QED) is 0.650. The molecule has 3 N–H and O–H groups in total. The van der Waals surface area contributed by atoms with Crippen molar-refractivity contribution in [3.8, 4) is 0 Å². The summed E-state index contributed by atoms with van der Waals surface area (Å²) in [6.45, 7) is -1.26. The van der Waals surface area contributed by atoms with Crippen LogP contribution < -0.4 is 11.1 Å². The van der Waals surface area contributed by atoms with Gasteiger partial charge in [-0.05, 0) is 0 Å². The van der Waals surface area contributed by atoms with Gasteiger partial charge in [0.15, 0.2) is 0 Å². The van der Waals surface area contributed by atoms with Gasteiger partial charge in [0.05, 0.1) is 13.1 Å². The average Bonchev–Trinajstić information content (AvgIpc) is 2.01. The monoisotopic (exact) mass is 213 g/mol. The van der Waals surface area contributed by atoms with Crippen molar-refractivity contribution in [1.82, 2.24) is 10.2 Å². The summed E-state index contributed by atoms with van der Waals surface area (Å²) in [6.07, 6.45) is -4.30. The second kappa shape index (κ2) is 5.82. The van der Waals surface area contributed by atoms with E-state index in [4.69, 9.17) is 5.73 Å². The number of hydrogen-bond acceptors (Lipinski definition) is 3. The Morgan fingerprint density at radius 2 is 2.07 bits per heavy atom. The smallest absolute Gasteiger partial charge is 0.358 e. The van der Waals surface area contributed by atoms with Crippen molar-refractivity contribution in [2.75, 3.05) is 33.2 Å². The van der Waals surface area contributed by atoms with E-state index < -0.39 is 18.6 Å². The molecule has 1 amide bonds. The Morgan fingerprint density at radius 3 is 2.43 bits per heavy atom. The Labute approximate surface area is 80.2 Å². The maximum absolute atomic E-state index is 12.0. The predicted molar refractivity (Wildman–Crippen MR) is 45.6 cm³/mol. The Kier molecular flexibility index (Phi) is 5.47. The number of nitrogens with two attached hydrogens (primary N) is 1. The Hall–Kier alpha value is -0.820. The van der Waals surface area contributed by atoms with Crippen molar-refractivity contribution in [3.05, 3.63) is 0 Å². The van der Waals surface area contributed by atoms with Crippen LogP contribution in [0.3, 0.4) is 0 Å². The molecule has 0 aliphatic rings. The first-order valence-corrected chi connectivity index (χ1v) is 4.09. The van der Waals surface area contributed by atoms with Crippen LogP contribution in [-0.2, 0) is 4.79 Å². The minimum atomic E-state index is -4.30. The van der Waals surface area contributed by atoms with Crippen molar-refractivity contribution >= 4 is 5.91 Å². The molecule has 0 fully saturated rings. The number of rotatable bonds is 5. The molecule has 84 valence electrons. The van der Waals surface area contributed by atoms with E-state index in [0.717, 1.165) is 4.90 Å². The van der Waals surface area contributed by atoms with E-state index in [1.807, 2.05) is 0 Å². The van der Waals surface area contributed by atoms with Crippen LogP contribution in [0.4, 0.5) is 13.2 Å². The highest BCUT2D eigenvalue weighted by Gasteiger charge is 2.30. The van der Waals surface area contributed by atoms with Crippen molar-refractivity contribution in [1.29, 1.82) is 0 Å². The first-order valence-electron chi connectivity index (χ1n) is 4.09. The molecule has 0 aromatic heterocycles. The number of carbonyl (C=O) groups is 1. The largest absolute Gasteiger partial charge is 0.401 e. The predicted octanol–water partition coefficient (Wildman–Crippen LogP) is -0.445. The number of likely N-dealkylation sites (N-methyl/N-ethyl adjacent to an activating group) is 1. The summed E-state index contributed by atoms with van der Waals surface area (Å²) >= 11 is 0. The number of alkyl halides is 3. The van der Waals surface area contributed by atoms with Crippen LogP contribution in [0.5, 0.6) is 0 Å². The van der Waals surface area contributed by atoms with E-state index in [2.05, 4.69) is 5.32 Å². The number of amides is 1. The summed E-state index contributed by atoms with van der Waals surface area (Å²) < 4.78 is 35.9. The number of halogens is 3. The van der Waals surface area contributed by atoms with Crippen molar-refractivity contribution < 1.29 is 18.0 Å². The number of nitrogens with one attached hydrogen (secondary N) is 1. The Bertz CT molecular complexity index is 184. The lowest BCUT2D eigenvalue weighted by Gasteiger charge is -2.21. The van der Waals surface area contributed by atoms with Gasteiger partial charge in [-0.1, -0.05) is 0 Å². The molecule has 7 heteroatoms. The zero-order valence-electron chi connectivity index (χ0n) is 7.90. The topological polar surface area (TPSA) is 58.4 Å². The van der Waals surface area contributed by atoms with Crippen molar-refractivity contribution in [2.24, 2.45) is 5.73 Å². The van der Waals surface area contributed by atoms with Gasteiger partial charge in [0.25, 0.3) is 0 Å². The van der Waals surface area contributed by atoms with Crippen LogP contribution in [0.1, 0.15) is 0 Å². The average molecular weight is 213 g/mol. The SMILES string of the molecule is CNC(=O)CN(CCN)CC(F)(F)F. The second-order valence-corrected chi connectivity index (χ2v) is 2.79. The first-order chi connectivity index (χ1) is 6.39. The van der Waals surface area contributed by atoms with Gasteiger partial charge in [0.1, 0.15) is 0 Å². The fourth-order valence-electron chi connectivity index (χ4n) is 0.932. The third kappa shape index (κ3) is 6.67. The molecule has 14 heavy (non-hydrogen) atoms. The van der Waals surface area contributed by atoms with E-state index in [0.29, 0.717) is 0 Å².